The maximum atomic E-state index is 6.22. The molecule has 0 bridgehead atoms. The largest absolute Gasteiger partial charge is 0.522 e. The molecule has 4 nitrogen and oxygen atoms in total. The van der Waals surface area contributed by atoms with Gasteiger partial charge in [-0.05, 0) is 53.4 Å². The molecule has 0 radical (unpaired) electrons. The maximum Gasteiger partial charge on any atom is 0.522 e. The van der Waals surface area contributed by atoms with E-state index in [0.29, 0.717) is 24.2 Å². The Balaban J connectivity index is 2.38. The summed E-state index contributed by atoms with van der Waals surface area (Å²) in [5, 5.41) is 0. The molecular weight excluding hydrogens is 280 g/mol. The number of piperidine rings is 2. The first-order valence-corrected chi connectivity index (χ1v) is 10.4. The van der Waals surface area contributed by atoms with Crippen molar-refractivity contribution in [1.82, 2.24) is 9.13 Å². The van der Waals surface area contributed by atoms with Crippen molar-refractivity contribution in [3.63, 3.8) is 0 Å². The van der Waals surface area contributed by atoms with Crippen LogP contribution in [0.3, 0.4) is 0 Å². The number of rotatable bonds is 4. The average molecular weight is 315 g/mol. The van der Waals surface area contributed by atoms with E-state index in [1.54, 1.807) is 0 Å². The fourth-order valence-corrected chi connectivity index (χ4v) is 8.62. The van der Waals surface area contributed by atoms with Gasteiger partial charge in [0, 0.05) is 38.4 Å². The van der Waals surface area contributed by atoms with Crippen LogP contribution >= 0.6 is 0 Å². The van der Waals surface area contributed by atoms with Gasteiger partial charge in [-0.1, -0.05) is 12.8 Å². The number of hydrogen-bond acceptors (Lipinski definition) is 4. The van der Waals surface area contributed by atoms with E-state index in [4.69, 9.17) is 8.85 Å². The monoisotopic (exact) mass is 314 g/mol. The first-order chi connectivity index (χ1) is 9.97. The molecule has 0 aromatic rings. The molecule has 21 heavy (non-hydrogen) atoms. The summed E-state index contributed by atoms with van der Waals surface area (Å²) >= 11 is 0. The van der Waals surface area contributed by atoms with Gasteiger partial charge in [-0.15, -0.1) is 0 Å². The molecule has 0 saturated carbocycles. The third kappa shape index (κ3) is 3.08. The number of hydrogen-bond donors (Lipinski definition) is 0. The fourth-order valence-electron chi connectivity index (χ4n) is 4.59. The smallest absolute Gasteiger partial charge is 0.374 e. The molecule has 4 atom stereocenters. The highest BCUT2D eigenvalue weighted by Gasteiger charge is 2.57. The highest BCUT2D eigenvalue weighted by atomic mass is 28.4. The van der Waals surface area contributed by atoms with Crippen molar-refractivity contribution in [2.75, 3.05) is 14.2 Å². The van der Waals surface area contributed by atoms with Crippen molar-refractivity contribution in [3.8, 4) is 0 Å². The molecule has 5 heteroatoms. The van der Waals surface area contributed by atoms with E-state index in [9.17, 15) is 0 Å². The molecule has 2 saturated heterocycles. The van der Waals surface area contributed by atoms with E-state index >= 15 is 0 Å². The van der Waals surface area contributed by atoms with Crippen molar-refractivity contribution in [2.45, 2.75) is 90.4 Å². The molecule has 0 spiro atoms. The molecule has 0 aromatic heterocycles. The SMILES string of the molecule is CO[Si](OC)(N1C(C)CCCC1C)N1C(C)CCCC1C. The van der Waals surface area contributed by atoms with Gasteiger partial charge in [0.15, 0.2) is 0 Å². The molecule has 2 aliphatic rings. The topological polar surface area (TPSA) is 24.9 Å². The third-order valence-electron chi connectivity index (χ3n) is 5.57. The van der Waals surface area contributed by atoms with Crippen LogP contribution < -0.4 is 0 Å². The van der Waals surface area contributed by atoms with Crippen molar-refractivity contribution in [2.24, 2.45) is 0 Å². The maximum absolute atomic E-state index is 6.22. The van der Waals surface area contributed by atoms with Gasteiger partial charge in [0.05, 0.1) is 0 Å². The van der Waals surface area contributed by atoms with Crippen LogP contribution in [0.5, 0.6) is 0 Å². The van der Waals surface area contributed by atoms with E-state index in [0.717, 1.165) is 0 Å². The van der Waals surface area contributed by atoms with Gasteiger partial charge in [-0.3, -0.25) is 9.13 Å². The summed E-state index contributed by atoms with van der Waals surface area (Å²) in [5.41, 5.74) is 0. The standard InChI is InChI=1S/C16H34N2O2Si/c1-13-9-7-10-14(2)17(13)21(19-5,20-6)18-15(3)11-8-12-16(18)4/h13-16H,7-12H2,1-6H3. The van der Waals surface area contributed by atoms with Crippen LogP contribution in [0.2, 0.25) is 0 Å². The van der Waals surface area contributed by atoms with Gasteiger partial charge in [0.25, 0.3) is 0 Å². The van der Waals surface area contributed by atoms with Crippen molar-refractivity contribution >= 4 is 8.88 Å². The Labute approximate surface area is 132 Å². The highest BCUT2D eigenvalue weighted by Crippen LogP contribution is 2.36. The van der Waals surface area contributed by atoms with Crippen LogP contribution in [-0.4, -0.2) is 56.4 Å². The molecule has 0 N–H and O–H groups in total. The highest BCUT2D eigenvalue weighted by molar-refractivity contribution is 6.61. The predicted octanol–water partition coefficient (Wildman–Crippen LogP) is 3.24. The van der Waals surface area contributed by atoms with Gasteiger partial charge in [-0.2, -0.15) is 0 Å². The lowest BCUT2D eigenvalue weighted by atomic mass is 10.0. The quantitative estimate of drug-likeness (QED) is 0.744. The zero-order chi connectivity index (χ0) is 15.6. The van der Waals surface area contributed by atoms with Crippen LogP contribution in [0.15, 0.2) is 0 Å². The summed E-state index contributed by atoms with van der Waals surface area (Å²) in [7, 11) is 1.19. The Morgan fingerprint density at radius 3 is 1.19 bits per heavy atom. The Hall–Kier alpha value is 0.0569. The molecule has 0 amide bonds. The van der Waals surface area contributed by atoms with Crippen LogP contribution in [-0.2, 0) is 8.85 Å². The fraction of sp³-hybridized carbons (Fsp3) is 1.00. The van der Waals surface area contributed by atoms with Gasteiger partial charge in [-0.25, -0.2) is 0 Å². The summed E-state index contributed by atoms with van der Waals surface area (Å²) in [4.78, 5) is 0. The second kappa shape index (κ2) is 7.09. The molecule has 0 aromatic carbocycles. The first kappa shape index (κ1) is 17.4. The van der Waals surface area contributed by atoms with E-state index < -0.39 is 8.88 Å². The van der Waals surface area contributed by atoms with Crippen LogP contribution in [0.4, 0.5) is 0 Å². The lowest BCUT2D eigenvalue weighted by molar-refractivity contribution is 0.00849. The molecular formula is C16H34N2O2Si. The molecule has 124 valence electrons. The zero-order valence-corrected chi connectivity index (χ0v) is 15.8. The van der Waals surface area contributed by atoms with Gasteiger partial charge in [0.2, 0.25) is 0 Å². The molecule has 4 unspecified atom stereocenters. The summed E-state index contributed by atoms with van der Waals surface area (Å²) in [6.07, 6.45) is 7.65. The summed E-state index contributed by atoms with van der Waals surface area (Å²) in [6, 6.07) is 2.17. The minimum Gasteiger partial charge on any atom is -0.374 e. The van der Waals surface area contributed by atoms with Crippen LogP contribution in [0, 0.1) is 0 Å². The van der Waals surface area contributed by atoms with Crippen LogP contribution in [0.1, 0.15) is 66.2 Å². The Morgan fingerprint density at radius 2 is 0.952 bits per heavy atom. The zero-order valence-electron chi connectivity index (χ0n) is 14.8. The molecule has 2 heterocycles. The van der Waals surface area contributed by atoms with Gasteiger partial charge < -0.3 is 8.85 Å². The predicted molar refractivity (Wildman–Crippen MR) is 89.0 cm³/mol. The second-order valence-corrected chi connectivity index (χ2v) is 9.98. The Bertz CT molecular complexity index is 290. The summed E-state index contributed by atoms with van der Waals surface area (Å²) in [6.45, 7) is 9.37. The van der Waals surface area contributed by atoms with Crippen molar-refractivity contribution < 1.29 is 8.85 Å². The van der Waals surface area contributed by atoms with Gasteiger partial charge >= 0.3 is 8.88 Å². The summed E-state index contributed by atoms with van der Waals surface area (Å²) in [5.74, 6) is 0. The van der Waals surface area contributed by atoms with Gasteiger partial charge in [0.1, 0.15) is 0 Å². The second-order valence-electron chi connectivity index (χ2n) is 7.03. The minimum atomic E-state index is -2.53. The molecule has 0 aliphatic carbocycles. The summed E-state index contributed by atoms with van der Waals surface area (Å²) < 4.78 is 17.6. The molecule has 2 aliphatic heterocycles. The minimum absolute atomic E-state index is 0.543. The number of nitrogens with zero attached hydrogens (tertiary/aromatic N) is 2. The van der Waals surface area contributed by atoms with Crippen molar-refractivity contribution in [3.05, 3.63) is 0 Å². The lowest BCUT2D eigenvalue weighted by Gasteiger charge is -2.55. The normalized spacial score (nSPS) is 36.9. The van der Waals surface area contributed by atoms with E-state index in [1.165, 1.54) is 38.5 Å². The van der Waals surface area contributed by atoms with E-state index in [1.807, 2.05) is 14.2 Å². The third-order valence-corrected chi connectivity index (χ3v) is 9.70. The van der Waals surface area contributed by atoms with Crippen molar-refractivity contribution in [1.29, 1.82) is 0 Å². The lowest BCUT2D eigenvalue weighted by Crippen LogP contribution is -2.76. The Kier molecular flexibility index (Phi) is 5.88. The average Bonchev–Trinajstić information content (AvgIpc) is 2.45. The first-order valence-electron chi connectivity index (χ1n) is 8.65. The molecule has 2 rings (SSSR count). The van der Waals surface area contributed by atoms with E-state index in [2.05, 4.69) is 36.8 Å². The van der Waals surface area contributed by atoms with E-state index in [-0.39, 0.29) is 0 Å². The van der Waals surface area contributed by atoms with Crippen LogP contribution in [0.25, 0.3) is 0 Å². The molecule has 2 fully saturated rings. The Morgan fingerprint density at radius 1 is 0.667 bits per heavy atom.